The van der Waals surface area contributed by atoms with Crippen molar-refractivity contribution in [2.45, 2.75) is 20.1 Å². The Kier molecular flexibility index (Phi) is 6.96. The third kappa shape index (κ3) is 5.72. The number of carbonyl (C=O) groups excluding carboxylic acids is 1. The minimum absolute atomic E-state index is 0.194. The van der Waals surface area contributed by atoms with Crippen LogP contribution in [0.2, 0.25) is 10.0 Å². The second-order valence-corrected chi connectivity index (χ2v) is 8.31. The van der Waals surface area contributed by atoms with Crippen molar-refractivity contribution in [3.63, 3.8) is 0 Å². The molecule has 0 saturated carbocycles. The smallest absolute Gasteiger partial charge is 0.256 e. The number of hydrogen-bond donors (Lipinski definition) is 1. The van der Waals surface area contributed by atoms with E-state index in [0.29, 0.717) is 22.8 Å². The number of aromatic nitrogens is 2. The lowest BCUT2D eigenvalue weighted by molar-refractivity contribution is 0.102. The van der Waals surface area contributed by atoms with Crippen LogP contribution in [0.5, 0.6) is 5.75 Å². The van der Waals surface area contributed by atoms with Crippen LogP contribution in [0.1, 0.15) is 27.0 Å². The summed E-state index contributed by atoms with van der Waals surface area (Å²) in [6, 6.07) is 18.9. The lowest BCUT2D eigenvalue weighted by atomic mass is 10.1. The molecule has 33 heavy (non-hydrogen) atoms. The largest absolute Gasteiger partial charge is 0.489 e. The van der Waals surface area contributed by atoms with Crippen LogP contribution in [-0.2, 0) is 13.2 Å². The van der Waals surface area contributed by atoms with Crippen LogP contribution in [-0.4, -0.2) is 15.7 Å². The number of amides is 1. The maximum Gasteiger partial charge on any atom is 0.256 e. The maximum absolute atomic E-state index is 13.9. The Morgan fingerprint density at radius 3 is 2.70 bits per heavy atom. The Morgan fingerprint density at radius 1 is 1.09 bits per heavy atom. The lowest BCUT2D eigenvalue weighted by Crippen LogP contribution is -2.13. The molecule has 5 nitrogen and oxygen atoms in total. The molecule has 1 N–H and O–H groups in total. The van der Waals surface area contributed by atoms with Gasteiger partial charge in [-0.05, 0) is 54.4 Å². The van der Waals surface area contributed by atoms with E-state index in [4.69, 9.17) is 27.9 Å². The summed E-state index contributed by atoms with van der Waals surface area (Å²) in [5, 5.41) is 7.90. The molecule has 0 atom stereocenters. The van der Waals surface area contributed by atoms with Crippen LogP contribution in [0.25, 0.3) is 0 Å². The van der Waals surface area contributed by atoms with Gasteiger partial charge in [-0.1, -0.05) is 53.5 Å². The summed E-state index contributed by atoms with van der Waals surface area (Å²) in [5.41, 5.74) is 2.66. The van der Waals surface area contributed by atoms with Crippen LogP contribution in [0.4, 0.5) is 10.2 Å². The van der Waals surface area contributed by atoms with Gasteiger partial charge < -0.3 is 10.1 Å². The average molecular weight is 484 g/mol. The zero-order valence-corrected chi connectivity index (χ0v) is 19.2. The van der Waals surface area contributed by atoms with E-state index in [1.54, 1.807) is 48.7 Å². The molecule has 0 saturated heterocycles. The molecule has 0 aliphatic carbocycles. The van der Waals surface area contributed by atoms with Crippen molar-refractivity contribution in [1.29, 1.82) is 0 Å². The van der Waals surface area contributed by atoms with Gasteiger partial charge in [0.2, 0.25) is 0 Å². The molecule has 0 bridgehead atoms. The predicted molar refractivity (Wildman–Crippen MR) is 128 cm³/mol. The van der Waals surface area contributed by atoms with Crippen molar-refractivity contribution in [3.8, 4) is 5.75 Å². The van der Waals surface area contributed by atoms with E-state index in [9.17, 15) is 9.18 Å². The van der Waals surface area contributed by atoms with Crippen LogP contribution in [0.15, 0.2) is 72.9 Å². The molecule has 4 rings (SSSR count). The Balaban J connectivity index is 1.42. The highest BCUT2D eigenvalue weighted by molar-refractivity contribution is 6.33. The number of ether oxygens (including phenoxy) is 1. The molecule has 0 aliphatic heterocycles. The van der Waals surface area contributed by atoms with Gasteiger partial charge in [0, 0.05) is 22.3 Å². The van der Waals surface area contributed by atoms with Gasteiger partial charge >= 0.3 is 0 Å². The highest BCUT2D eigenvalue weighted by atomic mass is 35.5. The minimum Gasteiger partial charge on any atom is -0.489 e. The van der Waals surface area contributed by atoms with Crippen LogP contribution in [0.3, 0.4) is 0 Å². The van der Waals surface area contributed by atoms with Gasteiger partial charge in [0.25, 0.3) is 5.91 Å². The number of nitrogens with one attached hydrogen (secondary N) is 1. The number of anilines is 1. The van der Waals surface area contributed by atoms with E-state index < -0.39 is 0 Å². The standard InChI is InChI=1S/C25H20Cl2FN3O2/c1-16-11-20(26)9-10-23(16)33-15-17-5-4-7-18(12-17)25(32)29-24-21(27)14-31(30-24)13-19-6-2-3-8-22(19)28/h2-12,14H,13,15H2,1H3,(H,29,30,32). The zero-order chi connectivity index (χ0) is 23.4. The molecule has 8 heteroatoms. The molecule has 0 fully saturated rings. The van der Waals surface area contributed by atoms with Gasteiger partial charge in [-0.2, -0.15) is 5.10 Å². The van der Waals surface area contributed by atoms with Crippen molar-refractivity contribution in [1.82, 2.24) is 9.78 Å². The van der Waals surface area contributed by atoms with Gasteiger partial charge in [-0.3, -0.25) is 9.48 Å². The lowest BCUT2D eigenvalue weighted by Gasteiger charge is -2.10. The number of carbonyl (C=O) groups is 1. The molecule has 4 aromatic rings. The first-order valence-corrected chi connectivity index (χ1v) is 10.9. The molecule has 0 spiro atoms. The Labute approximate surface area is 200 Å². The fourth-order valence-electron chi connectivity index (χ4n) is 3.28. The first kappa shape index (κ1) is 22.8. The number of rotatable bonds is 7. The molecule has 1 heterocycles. The number of halogens is 3. The molecular formula is C25H20Cl2FN3O2. The quantitative estimate of drug-likeness (QED) is 0.325. The van der Waals surface area contributed by atoms with Crippen LogP contribution in [0, 0.1) is 12.7 Å². The highest BCUT2D eigenvalue weighted by Gasteiger charge is 2.14. The number of nitrogens with zero attached hydrogens (tertiary/aromatic N) is 2. The van der Waals surface area contributed by atoms with Gasteiger partial charge in [0.1, 0.15) is 23.2 Å². The third-order valence-corrected chi connectivity index (χ3v) is 5.47. The maximum atomic E-state index is 13.9. The van der Waals surface area contributed by atoms with Gasteiger partial charge in [-0.15, -0.1) is 0 Å². The summed E-state index contributed by atoms with van der Waals surface area (Å²) in [5.74, 6) is 0.234. The van der Waals surface area contributed by atoms with Crippen molar-refractivity contribution >= 4 is 34.9 Å². The van der Waals surface area contributed by atoms with Crippen LogP contribution < -0.4 is 10.1 Å². The van der Waals surface area contributed by atoms with Crippen LogP contribution >= 0.6 is 23.2 Å². The summed E-state index contributed by atoms with van der Waals surface area (Å²) in [6.45, 7) is 2.40. The van der Waals surface area contributed by atoms with E-state index in [-0.39, 0.29) is 29.1 Å². The average Bonchev–Trinajstić information content (AvgIpc) is 3.13. The minimum atomic E-state index is -0.363. The summed E-state index contributed by atoms with van der Waals surface area (Å²) in [7, 11) is 0. The fraction of sp³-hybridized carbons (Fsp3) is 0.120. The van der Waals surface area contributed by atoms with Crippen molar-refractivity contribution < 1.29 is 13.9 Å². The van der Waals surface area contributed by atoms with Gasteiger partial charge in [0.05, 0.1) is 6.54 Å². The SMILES string of the molecule is Cc1cc(Cl)ccc1OCc1cccc(C(=O)Nc2nn(Cc3ccccc3F)cc2Cl)c1. The van der Waals surface area contributed by atoms with E-state index in [2.05, 4.69) is 10.4 Å². The molecule has 3 aromatic carbocycles. The Bertz CT molecular complexity index is 1310. The second-order valence-electron chi connectivity index (χ2n) is 7.47. The Hall–Kier alpha value is -3.35. The monoisotopic (exact) mass is 483 g/mol. The first-order valence-electron chi connectivity index (χ1n) is 10.1. The number of benzene rings is 3. The zero-order valence-electron chi connectivity index (χ0n) is 17.7. The summed E-state index contributed by atoms with van der Waals surface area (Å²) >= 11 is 12.2. The van der Waals surface area contributed by atoms with E-state index in [1.165, 1.54) is 10.7 Å². The fourth-order valence-corrected chi connectivity index (χ4v) is 3.71. The normalized spacial score (nSPS) is 10.8. The summed E-state index contributed by atoms with van der Waals surface area (Å²) in [4.78, 5) is 12.8. The first-order chi connectivity index (χ1) is 15.9. The van der Waals surface area contributed by atoms with E-state index in [0.717, 1.165) is 16.9 Å². The third-order valence-electron chi connectivity index (χ3n) is 4.96. The number of aryl methyl sites for hydroxylation is 1. The van der Waals surface area contributed by atoms with Crippen molar-refractivity contribution in [2.24, 2.45) is 0 Å². The van der Waals surface area contributed by atoms with Gasteiger partial charge in [0.15, 0.2) is 5.82 Å². The molecule has 1 amide bonds. The number of hydrogen-bond acceptors (Lipinski definition) is 3. The molecule has 1 aromatic heterocycles. The van der Waals surface area contributed by atoms with E-state index in [1.807, 2.05) is 25.1 Å². The summed E-state index contributed by atoms with van der Waals surface area (Å²) in [6.07, 6.45) is 1.54. The summed E-state index contributed by atoms with van der Waals surface area (Å²) < 4.78 is 21.2. The van der Waals surface area contributed by atoms with Crippen molar-refractivity contribution in [3.05, 3.63) is 111 Å². The van der Waals surface area contributed by atoms with Crippen molar-refractivity contribution in [2.75, 3.05) is 5.32 Å². The molecular weight excluding hydrogens is 464 g/mol. The molecule has 0 unspecified atom stereocenters. The Morgan fingerprint density at radius 2 is 1.91 bits per heavy atom. The molecule has 0 radical (unpaired) electrons. The molecule has 0 aliphatic rings. The topological polar surface area (TPSA) is 56.1 Å². The molecule has 168 valence electrons. The predicted octanol–water partition coefficient (Wildman–Crippen LogP) is 6.52. The van der Waals surface area contributed by atoms with Gasteiger partial charge in [-0.25, -0.2) is 4.39 Å². The van der Waals surface area contributed by atoms with E-state index >= 15 is 0 Å². The highest BCUT2D eigenvalue weighted by Crippen LogP contribution is 2.24. The second kappa shape index (κ2) is 10.1.